The van der Waals surface area contributed by atoms with E-state index in [1.165, 1.54) is 24.9 Å². The van der Waals surface area contributed by atoms with Crippen LogP contribution in [0.2, 0.25) is 0 Å². The first-order chi connectivity index (χ1) is 23.4. The topological polar surface area (TPSA) is 191 Å². The fourth-order valence-corrected chi connectivity index (χ4v) is 7.73. The molecule has 1 aliphatic carbocycles. The minimum atomic E-state index is -4.23. The number of carbonyl (C=O) groups is 1. The van der Waals surface area contributed by atoms with Crippen molar-refractivity contribution in [1.82, 2.24) is 24.2 Å². The highest BCUT2D eigenvalue weighted by Crippen LogP contribution is 2.49. The lowest BCUT2D eigenvalue weighted by Gasteiger charge is -2.37. The number of nitrogens with one attached hydrogen (secondary N) is 1. The first-order valence-corrected chi connectivity index (χ1v) is 17.7. The van der Waals surface area contributed by atoms with E-state index in [2.05, 4.69) is 15.1 Å². The number of anilines is 1. The van der Waals surface area contributed by atoms with E-state index in [0.29, 0.717) is 12.8 Å². The Morgan fingerprint density at radius 3 is 2.53 bits per heavy atom. The van der Waals surface area contributed by atoms with Crippen molar-refractivity contribution in [2.75, 3.05) is 12.3 Å². The molecule has 5 atom stereocenters. The van der Waals surface area contributed by atoms with Crippen LogP contribution in [-0.4, -0.2) is 60.3 Å². The Hall–Kier alpha value is -4.11. The van der Waals surface area contributed by atoms with Gasteiger partial charge >= 0.3 is 13.7 Å². The molecule has 49 heavy (non-hydrogen) atoms. The first kappa shape index (κ1) is 34.7. The van der Waals surface area contributed by atoms with Gasteiger partial charge in [-0.1, -0.05) is 48.5 Å². The van der Waals surface area contributed by atoms with E-state index in [-0.39, 0.29) is 42.5 Å². The van der Waals surface area contributed by atoms with Gasteiger partial charge in [-0.05, 0) is 44.4 Å². The average Bonchev–Trinajstić information content (AvgIpc) is 3.78. The number of fused-ring (bicyclic) bond motifs is 1. The molecule has 3 heterocycles. The fourth-order valence-electron chi connectivity index (χ4n) is 6.21. The maximum Gasteiger partial charge on any atom is 0.459 e. The van der Waals surface area contributed by atoms with Gasteiger partial charge in [0.15, 0.2) is 23.2 Å². The molecule has 1 saturated carbocycles. The predicted octanol–water partition coefficient (Wildman–Crippen LogP) is 3.96. The number of benzene rings is 2. The van der Waals surface area contributed by atoms with Gasteiger partial charge in [0.1, 0.15) is 24.0 Å². The summed E-state index contributed by atoms with van der Waals surface area (Å²) in [7, 11) is -2.74. The molecule has 262 valence electrons. The largest absolute Gasteiger partial charge is 0.460 e. The summed E-state index contributed by atoms with van der Waals surface area (Å²) in [5.74, 6) is -1.82. The molecule has 2 fully saturated rings. The number of ether oxygens (including phenoxy) is 3. The zero-order chi connectivity index (χ0) is 34.8. The zero-order valence-electron chi connectivity index (χ0n) is 27.6. The molecule has 2 aromatic heterocycles. The lowest BCUT2D eigenvalue weighted by Crippen LogP contribution is -2.44. The van der Waals surface area contributed by atoms with Gasteiger partial charge in [0, 0.05) is 26.3 Å². The van der Waals surface area contributed by atoms with Gasteiger partial charge in [0.25, 0.3) is 5.56 Å². The van der Waals surface area contributed by atoms with Gasteiger partial charge in [-0.15, -0.1) is 0 Å². The van der Waals surface area contributed by atoms with Crippen molar-refractivity contribution in [3.05, 3.63) is 82.9 Å². The van der Waals surface area contributed by atoms with E-state index in [1.807, 2.05) is 30.3 Å². The molecule has 16 heteroatoms. The molecular weight excluding hydrogens is 655 g/mol. The smallest absolute Gasteiger partial charge is 0.459 e. The maximum absolute atomic E-state index is 14.2. The quantitative estimate of drug-likeness (QED) is 0.104. The van der Waals surface area contributed by atoms with Crippen LogP contribution >= 0.6 is 7.75 Å². The summed E-state index contributed by atoms with van der Waals surface area (Å²) in [4.78, 5) is 34.5. The SMILES string of the molecule is C[C@H](NP(=O)(OC[C@@H]1CC(C)(OC2(O)CCCC2)[C@H](n2cnc3c(=O)n(C)c(N)nc32)O1)Oc1ccccc1)C(=O)OCc1ccccc1. The fraction of sp³-hybridized carbons (Fsp3) is 0.455. The van der Waals surface area contributed by atoms with Crippen LogP contribution < -0.4 is 20.9 Å². The van der Waals surface area contributed by atoms with E-state index in [9.17, 15) is 19.3 Å². The number of hydrogen-bond donors (Lipinski definition) is 3. The van der Waals surface area contributed by atoms with E-state index in [1.54, 1.807) is 41.8 Å². The Balaban J connectivity index is 1.23. The highest BCUT2D eigenvalue weighted by molar-refractivity contribution is 7.52. The standard InChI is InChI=1S/C33H41N6O9P/c1-22(29(41)44-19-23-12-6-4-7-13-23)37-49(43,47-24-14-8-5-9-15-24)45-20-25-18-32(2,48-33(42)16-10-11-17-33)30(46-25)39-21-35-26-27(39)36-31(34)38(3)28(26)40/h4-9,12-15,21-22,25,30,42H,10-11,16-20H2,1-3H3,(H2,34,36)(H,37,43)/t22-,25-,30+,32?,49?/m0/s1. The number of carbonyl (C=O) groups excluding carboxylic acids is 1. The third-order valence-electron chi connectivity index (χ3n) is 8.70. The van der Waals surface area contributed by atoms with Crippen molar-refractivity contribution < 1.29 is 37.7 Å². The number of nitrogens with zero attached hydrogens (tertiary/aromatic N) is 4. The number of esters is 1. The van der Waals surface area contributed by atoms with Crippen molar-refractivity contribution in [3.8, 4) is 5.75 Å². The molecular formula is C33H41N6O9P. The van der Waals surface area contributed by atoms with E-state index in [4.69, 9.17) is 29.0 Å². The molecule has 6 rings (SSSR count). The monoisotopic (exact) mass is 696 g/mol. The highest BCUT2D eigenvalue weighted by Gasteiger charge is 2.53. The molecule has 1 aliphatic heterocycles. The van der Waals surface area contributed by atoms with Crippen LogP contribution in [-0.2, 0) is 41.7 Å². The second-order valence-electron chi connectivity index (χ2n) is 12.7. The number of nitrogens with two attached hydrogens (primary N) is 1. The molecule has 1 saturated heterocycles. The summed E-state index contributed by atoms with van der Waals surface area (Å²) >= 11 is 0. The van der Waals surface area contributed by atoms with Gasteiger partial charge in [-0.2, -0.15) is 10.1 Å². The minimum Gasteiger partial charge on any atom is -0.460 e. The van der Waals surface area contributed by atoms with Gasteiger partial charge in [-0.25, -0.2) is 9.55 Å². The Morgan fingerprint density at radius 2 is 1.84 bits per heavy atom. The van der Waals surface area contributed by atoms with E-state index >= 15 is 0 Å². The summed E-state index contributed by atoms with van der Waals surface area (Å²) in [6.07, 6.45) is 2.37. The van der Waals surface area contributed by atoms with Crippen molar-refractivity contribution in [2.24, 2.45) is 7.05 Å². The summed E-state index contributed by atoms with van der Waals surface area (Å²) in [6, 6.07) is 16.5. The Morgan fingerprint density at radius 1 is 1.16 bits per heavy atom. The third kappa shape index (κ3) is 7.72. The Kier molecular flexibility index (Phi) is 9.94. The second kappa shape index (κ2) is 14.0. The molecule has 0 amide bonds. The van der Waals surface area contributed by atoms with Crippen molar-refractivity contribution in [1.29, 1.82) is 0 Å². The van der Waals surface area contributed by atoms with Crippen molar-refractivity contribution in [3.63, 3.8) is 0 Å². The van der Waals surface area contributed by atoms with Gasteiger partial charge in [0.2, 0.25) is 5.95 Å². The van der Waals surface area contributed by atoms with Crippen LogP contribution in [0.1, 0.15) is 57.7 Å². The van der Waals surface area contributed by atoms with Gasteiger partial charge in [0.05, 0.1) is 19.0 Å². The Labute approximate surface area is 282 Å². The van der Waals surface area contributed by atoms with Gasteiger partial charge in [-0.3, -0.25) is 23.2 Å². The molecule has 0 bridgehead atoms. The lowest BCUT2D eigenvalue weighted by atomic mass is 9.98. The molecule has 4 aromatic rings. The molecule has 2 aliphatic rings. The van der Waals surface area contributed by atoms with Crippen LogP contribution in [0.3, 0.4) is 0 Å². The normalized spacial score (nSPS) is 23.7. The third-order valence-corrected chi connectivity index (χ3v) is 10.3. The zero-order valence-corrected chi connectivity index (χ0v) is 28.5. The molecule has 0 spiro atoms. The lowest BCUT2D eigenvalue weighted by molar-refractivity contribution is -0.276. The van der Waals surface area contributed by atoms with Crippen LogP contribution in [0.4, 0.5) is 5.95 Å². The van der Waals surface area contributed by atoms with Crippen molar-refractivity contribution >= 4 is 30.8 Å². The maximum atomic E-state index is 14.2. The number of nitrogen functional groups attached to an aromatic ring is 1. The summed E-state index contributed by atoms with van der Waals surface area (Å²) < 4.78 is 47.1. The average molecular weight is 697 g/mol. The first-order valence-electron chi connectivity index (χ1n) is 16.1. The van der Waals surface area contributed by atoms with Crippen LogP contribution in [0.15, 0.2) is 71.8 Å². The summed E-state index contributed by atoms with van der Waals surface area (Å²) in [6.45, 7) is 3.06. The number of hydrogen-bond acceptors (Lipinski definition) is 12. The number of rotatable bonds is 13. The molecule has 2 aromatic carbocycles. The summed E-state index contributed by atoms with van der Waals surface area (Å²) in [5, 5.41) is 14.0. The number of para-hydroxylation sites is 1. The van der Waals surface area contributed by atoms with Crippen molar-refractivity contribution in [2.45, 2.75) is 82.3 Å². The van der Waals surface area contributed by atoms with E-state index < -0.39 is 49.0 Å². The number of imidazole rings is 1. The molecule has 2 unspecified atom stereocenters. The Bertz CT molecular complexity index is 1880. The highest BCUT2D eigenvalue weighted by atomic mass is 31.2. The minimum absolute atomic E-state index is 0.0179. The van der Waals surface area contributed by atoms with E-state index in [0.717, 1.165) is 18.4 Å². The second-order valence-corrected chi connectivity index (χ2v) is 14.4. The van der Waals surface area contributed by atoms with Crippen LogP contribution in [0, 0.1) is 0 Å². The predicted molar refractivity (Wildman–Crippen MR) is 178 cm³/mol. The molecule has 4 N–H and O–H groups in total. The number of aliphatic hydroxyl groups is 1. The van der Waals surface area contributed by atoms with Gasteiger partial charge < -0.3 is 29.6 Å². The van der Waals surface area contributed by atoms with Crippen LogP contribution in [0.5, 0.6) is 5.75 Å². The van der Waals surface area contributed by atoms with Crippen LogP contribution in [0.25, 0.3) is 11.2 Å². The molecule has 0 radical (unpaired) electrons. The summed E-state index contributed by atoms with van der Waals surface area (Å²) in [5.41, 5.74) is 5.48. The number of aromatic nitrogens is 4. The molecule has 15 nitrogen and oxygen atoms in total.